The second-order valence-electron chi connectivity index (χ2n) is 2.63. The van der Waals surface area contributed by atoms with Gasteiger partial charge in [0.15, 0.2) is 0 Å². The van der Waals surface area contributed by atoms with E-state index in [0.717, 1.165) is 6.07 Å². The van der Waals surface area contributed by atoms with Crippen LogP contribution in [0.25, 0.3) is 10.6 Å². The largest absolute Gasteiger partial charge is 0.425 e. The highest BCUT2D eigenvalue weighted by atomic mass is 32.1. The highest BCUT2D eigenvalue weighted by molar-refractivity contribution is 7.15. The Balaban J connectivity index is 2.36. The summed E-state index contributed by atoms with van der Waals surface area (Å²) in [7, 11) is 0. The summed E-state index contributed by atoms with van der Waals surface area (Å²) in [6.07, 6.45) is -1.34. The van der Waals surface area contributed by atoms with E-state index in [1.165, 1.54) is 18.6 Å². The Kier molecular flexibility index (Phi) is 2.07. The molecular weight excluding hydrogens is 213 g/mol. The topological polar surface area (TPSA) is 28.7 Å². The van der Waals surface area contributed by atoms with Crippen LogP contribution in [0.1, 0.15) is 4.88 Å². The van der Waals surface area contributed by atoms with E-state index in [-0.39, 0.29) is 0 Å². The maximum absolute atomic E-state index is 12.2. The quantitative estimate of drug-likeness (QED) is 0.782. The van der Waals surface area contributed by atoms with Crippen molar-refractivity contribution in [2.75, 3.05) is 0 Å². The molecule has 0 unspecified atom stereocenters. The summed E-state index contributed by atoms with van der Waals surface area (Å²) in [5.41, 5.74) is 0.602. The van der Waals surface area contributed by atoms with Crippen LogP contribution in [0.15, 0.2) is 24.7 Å². The van der Waals surface area contributed by atoms with Gasteiger partial charge in [0.2, 0.25) is 0 Å². The van der Waals surface area contributed by atoms with Gasteiger partial charge in [-0.1, -0.05) is 0 Å². The number of hydrogen-bond donors (Lipinski definition) is 1. The Morgan fingerprint density at radius 2 is 2.07 bits per heavy atom. The van der Waals surface area contributed by atoms with Gasteiger partial charge in [0.05, 0.1) is 23.1 Å². The molecule has 0 aromatic carbocycles. The molecule has 2 rings (SSSR count). The Morgan fingerprint density at radius 1 is 1.29 bits per heavy atom. The number of aromatic amines is 1. The number of nitrogens with zero attached hydrogens (tertiary/aromatic N) is 1. The average Bonchev–Trinajstić information content (AvgIpc) is 2.73. The van der Waals surface area contributed by atoms with Crippen LogP contribution in [-0.4, -0.2) is 9.97 Å². The number of aromatic nitrogens is 2. The van der Waals surface area contributed by atoms with Crippen molar-refractivity contribution in [2.24, 2.45) is 0 Å². The number of thiophene rings is 1. The van der Waals surface area contributed by atoms with Crippen molar-refractivity contribution in [3.63, 3.8) is 0 Å². The van der Waals surface area contributed by atoms with Gasteiger partial charge < -0.3 is 4.98 Å². The Bertz CT molecular complexity index is 416. The first-order chi connectivity index (χ1) is 6.57. The zero-order valence-electron chi connectivity index (χ0n) is 6.80. The summed E-state index contributed by atoms with van der Waals surface area (Å²) >= 11 is 0.701. The lowest BCUT2D eigenvalue weighted by Gasteiger charge is -2.00. The molecule has 0 bridgehead atoms. The van der Waals surface area contributed by atoms with Crippen LogP contribution < -0.4 is 0 Å². The molecule has 6 heteroatoms. The van der Waals surface area contributed by atoms with Gasteiger partial charge in [0.1, 0.15) is 4.88 Å². The standard InChI is InChI=1S/C8H5F3N2S/c9-8(10,11)7-2-1-6(14-7)5-3-12-4-13-5/h1-4H,(H,12,13). The lowest BCUT2D eigenvalue weighted by Crippen LogP contribution is -2.00. The summed E-state index contributed by atoms with van der Waals surface area (Å²) in [6, 6.07) is 2.50. The number of H-pyrrole nitrogens is 1. The van der Waals surface area contributed by atoms with Gasteiger partial charge >= 0.3 is 6.18 Å². The molecule has 0 amide bonds. The third-order valence-corrected chi connectivity index (χ3v) is 2.81. The van der Waals surface area contributed by atoms with Gasteiger partial charge in [-0.05, 0) is 12.1 Å². The molecule has 0 saturated heterocycles. The van der Waals surface area contributed by atoms with Gasteiger partial charge in [0, 0.05) is 0 Å². The van der Waals surface area contributed by atoms with Crippen LogP contribution >= 0.6 is 11.3 Å². The van der Waals surface area contributed by atoms with Crippen molar-refractivity contribution >= 4 is 11.3 Å². The maximum atomic E-state index is 12.2. The molecule has 2 nitrogen and oxygen atoms in total. The van der Waals surface area contributed by atoms with Crippen molar-refractivity contribution in [3.05, 3.63) is 29.5 Å². The van der Waals surface area contributed by atoms with Crippen molar-refractivity contribution in [1.29, 1.82) is 0 Å². The highest BCUT2D eigenvalue weighted by Crippen LogP contribution is 2.37. The summed E-state index contributed by atoms with van der Waals surface area (Å²) in [5, 5.41) is 0. The predicted molar refractivity (Wildman–Crippen MR) is 46.9 cm³/mol. The molecule has 2 heterocycles. The van der Waals surface area contributed by atoms with E-state index in [9.17, 15) is 13.2 Å². The molecule has 0 aliphatic carbocycles. The van der Waals surface area contributed by atoms with Crippen LogP contribution in [0.4, 0.5) is 13.2 Å². The van der Waals surface area contributed by atoms with E-state index in [1.54, 1.807) is 0 Å². The van der Waals surface area contributed by atoms with Gasteiger partial charge in [0.25, 0.3) is 0 Å². The molecule has 2 aromatic rings. The highest BCUT2D eigenvalue weighted by Gasteiger charge is 2.32. The van der Waals surface area contributed by atoms with E-state index in [4.69, 9.17) is 0 Å². The normalized spacial score (nSPS) is 11.9. The first-order valence-corrected chi connectivity index (χ1v) is 4.55. The zero-order chi connectivity index (χ0) is 10.2. The summed E-state index contributed by atoms with van der Waals surface area (Å²) < 4.78 is 36.7. The van der Waals surface area contributed by atoms with E-state index < -0.39 is 11.1 Å². The molecule has 14 heavy (non-hydrogen) atoms. The lowest BCUT2D eigenvalue weighted by molar-refractivity contribution is -0.134. The monoisotopic (exact) mass is 218 g/mol. The minimum absolute atomic E-state index is 0.537. The van der Waals surface area contributed by atoms with Gasteiger partial charge in [-0.2, -0.15) is 13.2 Å². The number of halogens is 3. The van der Waals surface area contributed by atoms with Crippen LogP contribution in [0.3, 0.4) is 0 Å². The van der Waals surface area contributed by atoms with Crippen molar-refractivity contribution in [2.45, 2.75) is 6.18 Å². The number of nitrogens with one attached hydrogen (secondary N) is 1. The van der Waals surface area contributed by atoms with Gasteiger partial charge in [-0.3, -0.25) is 0 Å². The summed E-state index contributed by atoms with van der Waals surface area (Å²) in [5.74, 6) is 0. The molecule has 74 valence electrons. The fourth-order valence-electron chi connectivity index (χ4n) is 1.03. The van der Waals surface area contributed by atoms with E-state index >= 15 is 0 Å². The van der Waals surface area contributed by atoms with Crippen molar-refractivity contribution in [1.82, 2.24) is 9.97 Å². The third kappa shape index (κ3) is 1.65. The summed E-state index contributed by atoms with van der Waals surface area (Å²) in [4.78, 5) is 6.43. The molecule has 1 N–H and O–H groups in total. The minimum Gasteiger partial charge on any atom is -0.344 e. The van der Waals surface area contributed by atoms with E-state index in [1.807, 2.05) is 0 Å². The second kappa shape index (κ2) is 3.13. The molecule has 0 aliphatic rings. The summed E-state index contributed by atoms with van der Waals surface area (Å²) in [6.45, 7) is 0. The average molecular weight is 218 g/mol. The minimum atomic E-state index is -4.26. The number of hydrogen-bond acceptors (Lipinski definition) is 2. The molecule has 0 radical (unpaired) electrons. The molecule has 0 aliphatic heterocycles. The molecule has 0 fully saturated rings. The molecule has 0 atom stereocenters. The van der Waals surface area contributed by atoms with Crippen LogP contribution in [-0.2, 0) is 6.18 Å². The number of rotatable bonds is 1. The van der Waals surface area contributed by atoms with Crippen molar-refractivity contribution < 1.29 is 13.2 Å². The lowest BCUT2D eigenvalue weighted by atomic mass is 10.3. The smallest absolute Gasteiger partial charge is 0.344 e. The Hall–Kier alpha value is -1.30. The van der Waals surface area contributed by atoms with Crippen molar-refractivity contribution in [3.8, 4) is 10.6 Å². The van der Waals surface area contributed by atoms with Gasteiger partial charge in [-0.15, -0.1) is 11.3 Å². The predicted octanol–water partition coefficient (Wildman–Crippen LogP) is 3.16. The Labute approximate surface area is 81.4 Å². The third-order valence-electron chi connectivity index (χ3n) is 1.65. The molecule has 0 saturated carbocycles. The molecule has 2 aromatic heterocycles. The molecular formula is C8H5F3N2S. The number of alkyl halides is 3. The van der Waals surface area contributed by atoms with Gasteiger partial charge in [-0.25, -0.2) is 4.98 Å². The fourth-order valence-corrected chi connectivity index (χ4v) is 1.87. The van der Waals surface area contributed by atoms with E-state index in [2.05, 4.69) is 9.97 Å². The Morgan fingerprint density at radius 3 is 2.57 bits per heavy atom. The van der Waals surface area contributed by atoms with Crippen LogP contribution in [0, 0.1) is 0 Å². The first kappa shape index (κ1) is 9.26. The number of imidazole rings is 1. The zero-order valence-corrected chi connectivity index (χ0v) is 7.62. The SMILES string of the molecule is FC(F)(F)c1ccc(-c2cnc[nH]2)s1. The van der Waals surface area contributed by atoms with Crippen LogP contribution in [0.5, 0.6) is 0 Å². The molecule has 0 spiro atoms. The van der Waals surface area contributed by atoms with E-state index in [0.29, 0.717) is 21.9 Å². The fraction of sp³-hybridized carbons (Fsp3) is 0.125. The maximum Gasteiger partial charge on any atom is 0.425 e. The first-order valence-electron chi connectivity index (χ1n) is 3.73. The van der Waals surface area contributed by atoms with Crippen LogP contribution in [0.2, 0.25) is 0 Å². The second-order valence-corrected chi connectivity index (χ2v) is 3.71.